The molecule has 0 aromatic rings. The van der Waals surface area contributed by atoms with E-state index >= 15 is 0 Å². The summed E-state index contributed by atoms with van der Waals surface area (Å²) in [5.41, 5.74) is 0. The third kappa shape index (κ3) is 6.82. The minimum absolute atomic E-state index is 0.314. The predicted octanol–water partition coefficient (Wildman–Crippen LogP) is 0.403. The van der Waals surface area contributed by atoms with Crippen LogP contribution in [0.15, 0.2) is 0 Å². The van der Waals surface area contributed by atoms with Crippen molar-refractivity contribution in [2.75, 3.05) is 0 Å². The Hall–Kier alpha value is 0.820. The second-order valence-electron chi connectivity index (χ2n) is 0.596. The van der Waals surface area contributed by atoms with Crippen LogP contribution >= 0.6 is 35.3 Å². The molecular formula is O4P2S2. The summed E-state index contributed by atoms with van der Waals surface area (Å²) in [6, 6.07) is 0. The molecule has 0 aromatic heterocycles. The predicted molar refractivity (Wildman–Crippen MR) is 30.4 cm³/mol. The highest BCUT2D eigenvalue weighted by atomic mass is 33.5. The van der Waals surface area contributed by atoms with E-state index in [0.29, 0.717) is 20.8 Å². The van der Waals surface area contributed by atoms with Crippen LogP contribution in [0.1, 0.15) is 0 Å². The average Bonchev–Trinajstić information content (AvgIpc) is 1.61. The Kier molecular flexibility index (Phi) is 5.15. The van der Waals surface area contributed by atoms with Crippen LogP contribution in [0.3, 0.4) is 0 Å². The van der Waals surface area contributed by atoms with Gasteiger partial charge in [-0.05, 0) is 0 Å². The Morgan fingerprint density at radius 2 is 1.25 bits per heavy atom. The van der Waals surface area contributed by atoms with E-state index in [-0.39, 0.29) is 0 Å². The maximum atomic E-state index is 9.62. The first-order chi connectivity index (χ1) is 3.63. The molecule has 0 saturated heterocycles. The van der Waals surface area contributed by atoms with Crippen LogP contribution in [0.4, 0.5) is 0 Å². The van der Waals surface area contributed by atoms with Crippen LogP contribution in [0.5, 0.6) is 0 Å². The quantitative estimate of drug-likeness (QED) is 0.473. The smallest absolute Gasteiger partial charge is 0.400 e. The third-order valence-electron chi connectivity index (χ3n) is 0.155. The van der Waals surface area contributed by atoms with Crippen LogP contribution < -0.4 is 9.79 Å². The molecule has 0 saturated carbocycles. The molecule has 0 spiro atoms. The van der Waals surface area contributed by atoms with Crippen molar-refractivity contribution in [1.29, 1.82) is 0 Å². The van der Waals surface area contributed by atoms with Crippen LogP contribution in [-0.2, 0) is 9.13 Å². The SMILES string of the molecule is O=[P+]([O-])SS[P+](=O)[O-]. The van der Waals surface area contributed by atoms with Gasteiger partial charge < -0.3 is 9.79 Å². The Bertz CT molecular complexity index is 96.6. The molecule has 0 aromatic carbocycles. The lowest BCUT2D eigenvalue weighted by Gasteiger charge is -1.75. The Morgan fingerprint density at radius 3 is 1.38 bits per heavy atom. The van der Waals surface area contributed by atoms with E-state index < -0.39 is 14.5 Å². The number of hydrogen-bond acceptors (Lipinski definition) is 6. The van der Waals surface area contributed by atoms with E-state index in [1.807, 2.05) is 0 Å². The van der Waals surface area contributed by atoms with Crippen LogP contribution in [0.2, 0.25) is 0 Å². The molecule has 0 aliphatic carbocycles. The molecule has 0 amide bonds. The van der Waals surface area contributed by atoms with E-state index in [1.165, 1.54) is 0 Å². The molecule has 0 fully saturated rings. The van der Waals surface area contributed by atoms with Gasteiger partial charge in [0.15, 0.2) is 0 Å². The van der Waals surface area contributed by atoms with Gasteiger partial charge in [0, 0.05) is 0 Å². The molecule has 0 rings (SSSR count). The normalized spacial score (nSPS) is 13.2. The first-order valence-corrected chi connectivity index (χ1v) is 6.98. The van der Waals surface area contributed by atoms with Crippen molar-refractivity contribution in [3.8, 4) is 0 Å². The van der Waals surface area contributed by atoms with Gasteiger partial charge in [-0.2, -0.15) is 0 Å². The van der Waals surface area contributed by atoms with E-state index in [1.54, 1.807) is 0 Å². The van der Waals surface area contributed by atoms with E-state index in [4.69, 9.17) is 0 Å². The van der Waals surface area contributed by atoms with Gasteiger partial charge in [0.25, 0.3) is 0 Å². The lowest BCUT2D eigenvalue weighted by Crippen LogP contribution is -1.79. The summed E-state index contributed by atoms with van der Waals surface area (Å²) in [6.07, 6.45) is 0. The Labute approximate surface area is 54.7 Å². The zero-order chi connectivity index (χ0) is 6.57. The summed E-state index contributed by atoms with van der Waals surface area (Å²) < 4.78 is 19.2. The number of rotatable bonds is 3. The molecule has 2 atom stereocenters. The monoisotopic (exact) mass is 190 g/mol. The van der Waals surface area contributed by atoms with Gasteiger partial charge in [0.2, 0.25) is 20.8 Å². The van der Waals surface area contributed by atoms with Crippen molar-refractivity contribution in [2.45, 2.75) is 0 Å². The molecule has 0 radical (unpaired) electrons. The van der Waals surface area contributed by atoms with Crippen LogP contribution in [0, 0.1) is 0 Å². The molecule has 0 bridgehead atoms. The molecule has 8 heteroatoms. The molecule has 46 valence electrons. The molecule has 4 nitrogen and oxygen atoms in total. The summed E-state index contributed by atoms with van der Waals surface area (Å²) in [5, 5.41) is 0. The fraction of sp³-hybridized carbons (Fsp3) is 0. The maximum absolute atomic E-state index is 9.62. The highest BCUT2D eigenvalue weighted by Crippen LogP contribution is 2.50. The highest BCUT2D eigenvalue weighted by Gasteiger charge is 2.13. The summed E-state index contributed by atoms with van der Waals surface area (Å²) >= 11 is 0. The molecule has 0 aliphatic rings. The van der Waals surface area contributed by atoms with E-state index in [2.05, 4.69) is 0 Å². The first kappa shape index (κ1) is 8.82. The topological polar surface area (TPSA) is 80.3 Å². The Balaban J connectivity index is 3.18. The third-order valence-corrected chi connectivity index (χ3v) is 5.99. The van der Waals surface area contributed by atoms with Gasteiger partial charge >= 0.3 is 14.5 Å². The summed E-state index contributed by atoms with van der Waals surface area (Å²) in [5.74, 6) is 0. The van der Waals surface area contributed by atoms with Crippen LogP contribution in [-0.4, -0.2) is 0 Å². The van der Waals surface area contributed by atoms with Crippen molar-refractivity contribution >= 4 is 35.3 Å². The highest BCUT2D eigenvalue weighted by molar-refractivity contribution is 9.09. The van der Waals surface area contributed by atoms with Crippen molar-refractivity contribution in [2.24, 2.45) is 0 Å². The minimum Gasteiger partial charge on any atom is -0.584 e. The van der Waals surface area contributed by atoms with Crippen molar-refractivity contribution in [3.05, 3.63) is 0 Å². The van der Waals surface area contributed by atoms with Gasteiger partial charge in [-0.15, -0.1) is 0 Å². The second kappa shape index (κ2) is 4.68. The van der Waals surface area contributed by atoms with E-state index in [9.17, 15) is 18.9 Å². The maximum Gasteiger partial charge on any atom is 0.400 e. The fourth-order valence-electron chi connectivity index (χ4n) is 0.0544. The van der Waals surface area contributed by atoms with Gasteiger partial charge in [-0.25, -0.2) is 0 Å². The van der Waals surface area contributed by atoms with Gasteiger partial charge in [0.05, 0.1) is 0 Å². The van der Waals surface area contributed by atoms with Gasteiger partial charge in [-0.3, -0.25) is 0 Å². The Morgan fingerprint density at radius 1 is 1.00 bits per heavy atom. The summed E-state index contributed by atoms with van der Waals surface area (Å²) in [7, 11) is -4.65. The summed E-state index contributed by atoms with van der Waals surface area (Å²) in [4.78, 5) is 19.2. The lowest BCUT2D eigenvalue weighted by atomic mass is 15.9. The lowest BCUT2D eigenvalue weighted by molar-refractivity contribution is -0.158. The molecule has 0 aliphatic heterocycles. The minimum atomic E-state index is -2.64. The van der Waals surface area contributed by atoms with Crippen LogP contribution in [0.25, 0.3) is 0 Å². The molecule has 0 heterocycles. The second-order valence-corrected chi connectivity index (χ2v) is 7.16. The molecule has 2 unspecified atom stereocenters. The zero-order valence-electron chi connectivity index (χ0n) is 3.34. The average molecular weight is 190 g/mol. The number of hydrogen-bond donors (Lipinski definition) is 0. The van der Waals surface area contributed by atoms with Crippen molar-refractivity contribution in [1.82, 2.24) is 0 Å². The molecule has 0 N–H and O–H groups in total. The fourth-order valence-corrected chi connectivity index (χ4v) is 4.41. The first-order valence-electron chi connectivity index (χ1n) is 1.26. The largest absolute Gasteiger partial charge is 0.584 e. The molecular weight excluding hydrogens is 190 g/mol. The van der Waals surface area contributed by atoms with E-state index in [0.717, 1.165) is 0 Å². The standard InChI is InChI=1S/O4P2S2/c1-5(2)7-8-6(3)4. The van der Waals surface area contributed by atoms with Crippen molar-refractivity contribution < 1.29 is 18.9 Å². The zero-order valence-corrected chi connectivity index (χ0v) is 6.77. The van der Waals surface area contributed by atoms with Gasteiger partial charge in [-0.1, -0.05) is 9.13 Å². The van der Waals surface area contributed by atoms with Gasteiger partial charge in [0.1, 0.15) is 0 Å². The summed E-state index contributed by atoms with van der Waals surface area (Å²) in [6.45, 7) is 0. The molecule has 8 heavy (non-hydrogen) atoms. The van der Waals surface area contributed by atoms with Crippen molar-refractivity contribution in [3.63, 3.8) is 0 Å².